The number of amides is 1. The van der Waals surface area contributed by atoms with Crippen LogP contribution in [0.25, 0.3) is 0 Å². The molecule has 1 N–H and O–H groups in total. The van der Waals surface area contributed by atoms with Crippen molar-refractivity contribution in [1.29, 1.82) is 0 Å². The van der Waals surface area contributed by atoms with Crippen LogP contribution in [0.1, 0.15) is 41.1 Å². The number of carbonyl (C=O) groups is 2. The molecule has 0 aliphatic carbocycles. The van der Waals surface area contributed by atoms with Crippen LogP contribution >= 0.6 is 11.3 Å². The maximum Gasteiger partial charge on any atom is 0.341 e. The summed E-state index contributed by atoms with van der Waals surface area (Å²) in [5.74, 6) is -0.639. The minimum absolute atomic E-state index is 0.0850. The van der Waals surface area contributed by atoms with E-state index in [0.29, 0.717) is 30.2 Å². The van der Waals surface area contributed by atoms with Crippen molar-refractivity contribution in [1.82, 2.24) is 0 Å². The molecule has 1 aromatic heterocycles. The number of esters is 1. The summed E-state index contributed by atoms with van der Waals surface area (Å²) in [5.41, 5.74) is 1.34. The lowest BCUT2D eigenvalue weighted by atomic mass is 10.0. The van der Waals surface area contributed by atoms with Gasteiger partial charge in [0.15, 0.2) is 0 Å². The monoisotopic (exact) mass is 311 g/mol. The Labute approximate surface area is 128 Å². The smallest absolute Gasteiger partial charge is 0.341 e. The molecule has 1 aliphatic rings. The van der Waals surface area contributed by atoms with Crippen LogP contribution < -0.4 is 5.32 Å². The maximum atomic E-state index is 12.3. The van der Waals surface area contributed by atoms with Gasteiger partial charge in [0, 0.05) is 11.5 Å². The van der Waals surface area contributed by atoms with Crippen LogP contribution in [-0.2, 0) is 14.3 Å². The lowest BCUT2D eigenvalue weighted by molar-refractivity contribution is -0.121. The van der Waals surface area contributed by atoms with Crippen molar-refractivity contribution in [3.63, 3.8) is 0 Å². The fourth-order valence-corrected chi connectivity index (χ4v) is 3.50. The predicted octanol–water partition coefficient (Wildman–Crippen LogP) is 2.91. The topological polar surface area (TPSA) is 64.6 Å². The second kappa shape index (κ2) is 6.58. The second-order valence-electron chi connectivity index (χ2n) is 5.17. The van der Waals surface area contributed by atoms with Crippen LogP contribution in [0.15, 0.2) is 0 Å². The van der Waals surface area contributed by atoms with Gasteiger partial charge < -0.3 is 14.8 Å². The lowest BCUT2D eigenvalue weighted by Crippen LogP contribution is -2.28. The van der Waals surface area contributed by atoms with E-state index in [9.17, 15) is 9.59 Å². The third-order valence-electron chi connectivity index (χ3n) is 3.81. The van der Waals surface area contributed by atoms with Crippen molar-refractivity contribution in [2.45, 2.75) is 40.2 Å². The van der Waals surface area contributed by atoms with Gasteiger partial charge in [-0.15, -0.1) is 11.3 Å². The Morgan fingerprint density at radius 3 is 2.71 bits per heavy atom. The van der Waals surface area contributed by atoms with Crippen LogP contribution in [0.5, 0.6) is 0 Å². The molecule has 0 aromatic carbocycles. The molecule has 1 saturated heterocycles. The maximum absolute atomic E-state index is 12.3. The molecule has 1 amide bonds. The highest BCUT2D eigenvalue weighted by molar-refractivity contribution is 7.16. The molecule has 116 valence electrons. The Kier molecular flexibility index (Phi) is 5.00. The van der Waals surface area contributed by atoms with Crippen molar-refractivity contribution < 1.29 is 19.1 Å². The number of rotatable bonds is 4. The molecule has 0 saturated carbocycles. The number of hydrogen-bond donors (Lipinski definition) is 1. The molecule has 2 atom stereocenters. The quantitative estimate of drug-likeness (QED) is 0.868. The summed E-state index contributed by atoms with van der Waals surface area (Å²) < 4.78 is 10.5. The summed E-state index contributed by atoms with van der Waals surface area (Å²) in [6.45, 7) is 8.38. The van der Waals surface area contributed by atoms with E-state index in [0.717, 1.165) is 10.4 Å². The molecule has 0 bridgehead atoms. The average molecular weight is 311 g/mol. The molecule has 2 heterocycles. The number of thiophene rings is 1. The van der Waals surface area contributed by atoms with Gasteiger partial charge in [-0.25, -0.2) is 4.79 Å². The molecular weight excluding hydrogens is 290 g/mol. The van der Waals surface area contributed by atoms with Crippen molar-refractivity contribution in [2.75, 3.05) is 18.5 Å². The highest BCUT2D eigenvalue weighted by Crippen LogP contribution is 2.34. The summed E-state index contributed by atoms with van der Waals surface area (Å²) in [7, 11) is 0. The average Bonchev–Trinajstić information content (AvgIpc) is 2.95. The first-order chi connectivity index (χ1) is 9.95. The molecule has 1 fully saturated rings. The molecule has 5 nitrogen and oxygen atoms in total. The third kappa shape index (κ3) is 3.27. The molecule has 2 rings (SSSR count). The molecule has 0 radical (unpaired) electrons. The Balaban J connectivity index is 2.21. The van der Waals surface area contributed by atoms with E-state index < -0.39 is 0 Å². The van der Waals surface area contributed by atoms with Gasteiger partial charge in [0.25, 0.3) is 0 Å². The van der Waals surface area contributed by atoms with E-state index >= 15 is 0 Å². The largest absolute Gasteiger partial charge is 0.462 e. The first-order valence-corrected chi connectivity index (χ1v) is 7.96. The van der Waals surface area contributed by atoms with Crippen molar-refractivity contribution in [3.8, 4) is 0 Å². The highest BCUT2D eigenvalue weighted by atomic mass is 32.1. The van der Waals surface area contributed by atoms with Crippen LogP contribution in [-0.4, -0.2) is 31.2 Å². The lowest BCUT2D eigenvalue weighted by Gasteiger charge is -2.14. The Hall–Kier alpha value is -1.40. The summed E-state index contributed by atoms with van der Waals surface area (Å²) in [4.78, 5) is 25.4. The van der Waals surface area contributed by atoms with Crippen molar-refractivity contribution in [2.24, 2.45) is 5.92 Å². The SMILES string of the molecule is CCOC(=O)c1c(NC(=O)C2CCOC2C)sc(C)c1C. The second-order valence-corrected chi connectivity index (χ2v) is 6.39. The Morgan fingerprint density at radius 1 is 1.43 bits per heavy atom. The molecule has 1 aliphatic heterocycles. The van der Waals surface area contributed by atoms with Gasteiger partial charge in [-0.3, -0.25) is 4.79 Å². The van der Waals surface area contributed by atoms with E-state index in [1.807, 2.05) is 20.8 Å². The van der Waals surface area contributed by atoms with Gasteiger partial charge in [-0.2, -0.15) is 0 Å². The van der Waals surface area contributed by atoms with Crippen molar-refractivity contribution >= 4 is 28.2 Å². The minimum Gasteiger partial charge on any atom is -0.462 e. The Bertz CT molecular complexity index is 552. The molecular formula is C15H21NO4S. The zero-order chi connectivity index (χ0) is 15.6. The first-order valence-electron chi connectivity index (χ1n) is 7.15. The predicted molar refractivity (Wildman–Crippen MR) is 81.9 cm³/mol. The zero-order valence-corrected chi connectivity index (χ0v) is 13.6. The summed E-state index contributed by atoms with van der Waals surface area (Å²) in [6, 6.07) is 0. The Morgan fingerprint density at radius 2 is 2.14 bits per heavy atom. The number of anilines is 1. The summed E-state index contributed by atoms with van der Waals surface area (Å²) in [6.07, 6.45) is 0.628. The van der Waals surface area contributed by atoms with Gasteiger partial charge in [0.2, 0.25) is 5.91 Å². The van der Waals surface area contributed by atoms with Gasteiger partial charge in [-0.1, -0.05) is 0 Å². The van der Waals surface area contributed by atoms with Crippen LogP contribution in [0.2, 0.25) is 0 Å². The fourth-order valence-electron chi connectivity index (χ4n) is 2.44. The van der Waals surface area contributed by atoms with Crippen LogP contribution in [0, 0.1) is 19.8 Å². The van der Waals surface area contributed by atoms with E-state index in [1.165, 1.54) is 11.3 Å². The van der Waals surface area contributed by atoms with Gasteiger partial charge in [-0.05, 0) is 39.7 Å². The molecule has 0 spiro atoms. The van der Waals surface area contributed by atoms with Crippen LogP contribution in [0.3, 0.4) is 0 Å². The normalized spacial score (nSPS) is 21.3. The number of carbonyl (C=O) groups excluding carboxylic acids is 2. The molecule has 2 unspecified atom stereocenters. The molecule has 1 aromatic rings. The van der Waals surface area contributed by atoms with E-state index in [4.69, 9.17) is 9.47 Å². The minimum atomic E-state index is -0.384. The number of nitrogens with one attached hydrogen (secondary N) is 1. The molecule has 21 heavy (non-hydrogen) atoms. The van der Waals surface area contributed by atoms with E-state index in [-0.39, 0.29) is 23.9 Å². The van der Waals surface area contributed by atoms with E-state index in [1.54, 1.807) is 6.92 Å². The highest BCUT2D eigenvalue weighted by Gasteiger charge is 2.32. The van der Waals surface area contributed by atoms with Crippen LogP contribution in [0.4, 0.5) is 5.00 Å². The van der Waals surface area contributed by atoms with Crippen molar-refractivity contribution in [3.05, 3.63) is 16.0 Å². The number of hydrogen-bond acceptors (Lipinski definition) is 5. The molecule has 6 heteroatoms. The summed E-state index contributed by atoms with van der Waals surface area (Å²) in [5, 5.41) is 3.46. The standard InChI is InChI=1S/C15H21NO4S/c1-5-19-15(18)12-8(2)10(4)21-14(12)16-13(17)11-6-7-20-9(11)3/h9,11H,5-7H2,1-4H3,(H,16,17). The first kappa shape index (κ1) is 16.0. The van der Waals surface area contributed by atoms with Gasteiger partial charge in [0.1, 0.15) is 5.00 Å². The third-order valence-corrected chi connectivity index (χ3v) is 4.94. The fraction of sp³-hybridized carbons (Fsp3) is 0.600. The van der Waals surface area contributed by atoms with Gasteiger partial charge >= 0.3 is 5.97 Å². The van der Waals surface area contributed by atoms with Gasteiger partial charge in [0.05, 0.1) is 24.2 Å². The zero-order valence-electron chi connectivity index (χ0n) is 12.8. The number of aryl methyl sites for hydroxylation is 1. The number of ether oxygens (including phenoxy) is 2. The summed E-state index contributed by atoms with van der Waals surface area (Å²) >= 11 is 1.41. The van der Waals surface area contributed by atoms with E-state index in [2.05, 4.69) is 5.32 Å².